The van der Waals surface area contributed by atoms with Gasteiger partial charge in [0.05, 0.1) is 17.8 Å². The molecule has 0 aromatic carbocycles. The smallest absolute Gasteiger partial charge is 0.183 e. The van der Waals surface area contributed by atoms with Gasteiger partial charge in [-0.2, -0.15) is 4.91 Å². The predicted molar refractivity (Wildman–Crippen MR) is 121 cm³/mol. The zero-order valence-corrected chi connectivity index (χ0v) is 18.4. The Bertz CT molecular complexity index is 1080. The van der Waals surface area contributed by atoms with Crippen LogP contribution in [-0.2, 0) is 4.74 Å². The number of methoxy groups -OCH3 is 1. The van der Waals surface area contributed by atoms with E-state index in [1.54, 1.807) is 25.6 Å². The molecule has 4 rings (SSSR count). The third-order valence-corrected chi connectivity index (χ3v) is 5.85. The Kier molecular flexibility index (Phi) is 7.23. The van der Waals surface area contributed by atoms with Crippen molar-refractivity contribution in [1.29, 1.82) is 0 Å². The molecule has 0 spiro atoms. The molecule has 1 saturated carbocycles. The summed E-state index contributed by atoms with van der Waals surface area (Å²) in [5, 5.41) is 11.0. The molecule has 1 aliphatic rings. The first kappa shape index (κ1) is 22.5. The number of hydrogen-bond acceptors (Lipinski definition) is 8. The summed E-state index contributed by atoms with van der Waals surface area (Å²) < 4.78 is 19.5. The lowest BCUT2D eigenvalue weighted by atomic mass is 9.91. The summed E-state index contributed by atoms with van der Waals surface area (Å²) in [4.78, 5) is 26.8. The summed E-state index contributed by atoms with van der Waals surface area (Å²) >= 11 is 6.08. The number of aromatic nitrogens is 4. The number of fused-ring (bicyclic) bond motifs is 1. The Labute approximate surface area is 189 Å². The molecule has 32 heavy (non-hydrogen) atoms. The van der Waals surface area contributed by atoms with E-state index >= 15 is 0 Å². The number of pyridine rings is 1. The lowest BCUT2D eigenvalue weighted by molar-refractivity contribution is 0.176. The number of anilines is 1. The maximum atomic E-state index is 14.5. The summed E-state index contributed by atoms with van der Waals surface area (Å²) in [6, 6.07) is 1.60. The highest BCUT2D eigenvalue weighted by molar-refractivity contribution is 6.31. The minimum absolute atomic E-state index is 0.0441. The van der Waals surface area contributed by atoms with Crippen LogP contribution in [0.1, 0.15) is 25.7 Å². The molecule has 1 unspecified atom stereocenters. The summed E-state index contributed by atoms with van der Waals surface area (Å²) in [5.41, 5.74) is 1.36. The standard InChI is InChI=1S/C21H25ClFN7O2/c1-32-11-15(30-31)8-24-13-3-2-4-14(6-13)28-21-18(23)10-27-20(29-21)17-9-26-19-16(17)5-12(22)7-25-19/h5,7,9-10,13-15,24H,2-4,6,8,11H2,1H3,(H,25,26)(H,27,28,29)/t13-,14+,15?/m1/s1. The van der Waals surface area contributed by atoms with Crippen LogP contribution in [0.3, 0.4) is 0 Å². The van der Waals surface area contributed by atoms with Crippen molar-refractivity contribution in [3.05, 3.63) is 40.4 Å². The van der Waals surface area contributed by atoms with Gasteiger partial charge in [0.1, 0.15) is 11.7 Å². The molecule has 0 amide bonds. The van der Waals surface area contributed by atoms with Crippen molar-refractivity contribution in [3.63, 3.8) is 0 Å². The molecular weight excluding hydrogens is 437 g/mol. The number of aromatic amines is 1. The van der Waals surface area contributed by atoms with E-state index in [2.05, 4.69) is 35.7 Å². The average Bonchev–Trinajstić information content (AvgIpc) is 3.21. The molecule has 0 bridgehead atoms. The highest BCUT2D eigenvalue weighted by Gasteiger charge is 2.24. The highest BCUT2D eigenvalue weighted by atomic mass is 35.5. The Morgan fingerprint density at radius 3 is 3.00 bits per heavy atom. The van der Waals surface area contributed by atoms with Gasteiger partial charge >= 0.3 is 0 Å². The number of nitrogens with one attached hydrogen (secondary N) is 3. The van der Waals surface area contributed by atoms with Crippen LogP contribution in [0.2, 0.25) is 5.02 Å². The van der Waals surface area contributed by atoms with E-state index in [0.29, 0.717) is 28.6 Å². The maximum absolute atomic E-state index is 14.5. The number of halogens is 2. The van der Waals surface area contributed by atoms with Gasteiger partial charge in [0.15, 0.2) is 17.5 Å². The van der Waals surface area contributed by atoms with E-state index in [-0.39, 0.29) is 24.5 Å². The first-order valence-electron chi connectivity index (χ1n) is 10.5. The number of hydrogen-bond donors (Lipinski definition) is 3. The first-order valence-corrected chi connectivity index (χ1v) is 10.9. The summed E-state index contributed by atoms with van der Waals surface area (Å²) in [6.07, 6.45) is 8.11. The Hall–Kier alpha value is -2.69. The molecule has 3 aromatic rings. The Morgan fingerprint density at radius 1 is 1.34 bits per heavy atom. The molecule has 0 aliphatic heterocycles. The molecule has 0 radical (unpaired) electrons. The molecule has 1 fully saturated rings. The fourth-order valence-corrected chi connectivity index (χ4v) is 4.24. The van der Waals surface area contributed by atoms with Crippen LogP contribution in [0.5, 0.6) is 0 Å². The van der Waals surface area contributed by atoms with Gasteiger partial charge in [-0.25, -0.2) is 19.3 Å². The first-order chi connectivity index (χ1) is 15.6. The van der Waals surface area contributed by atoms with E-state index in [1.807, 2.05) is 0 Å². The van der Waals surface area contributed by atoms with Crippen molar-refractivity contribution in [1.82, 2.24) is 25.3 Å². The van der Waals surface area contributed by atoms with Crippen molar-refractivity contribution >= 4 is 28.5 Å². The Morgan fingerprint density at radius 2 is 2.19 bits per heavy atom. The summed E-state index contributed by atoms with van der Waals surface area (Å²) in [6.45, 7) is 0.742. The third kappa shape index (κ3) is 5.20. The van der Waals surface area contributed by atoms with Gasteiger partial charge in [-0.3, -0.25) is 0 Å². The van der Waals surface area contributed by atoms with Gasteiger partial charge in [-0.05, 0) is 31.7 Å². The van der Waals surface area contributed by atoms with Gasteiger partial charge in [0, 0.05) is 49.1 Å². The molecule has 170 valence electrons. The normalized spacial score (nSPS) is 19.7. The monoisotopic (exact) mass is 461 g/mol. The quantitative estimate of drug-likeness (QED) is 0.413. The van der Waals surface area contributed by atoms with Crippen molar-refractivity contribution in [3.8, 4) is 11.4 Å². The largest absolute Gasteiger partial charge is 0.382 e. The molecule has 1 aliphatic carbocycles. The van der Waals surface area contributed by atoms with Gasteiger partial charge in [-0.1, -0.05) is 16.8 Å². The second-order valence-corrected chi connectivity index (χ2v) is 8.41. The van der Waals surface area contributed by atoms with Gasteiger partial charge in [-0.15, -0.1) is 0 Å². The molecule has 9 nitrogen and oxygen atoms in total. The molecule has 11 heteroatoms. The summed E-state index contributed by atoms with van der Waals surface area (Å²) in [5.74, 6) is 0.0381. The third-order valence-electron chi connectivity index (χ3n) is 5.65. The highest BCUT2D eigenvalue weighted by Crippen LogP contribution is 2.29. The fraction of sp³-hybridized carbons (Fsp3) is 0.476. The summed E-state index contributed by atoms with van der Waals surface area (Å²) in [7, 11) is 1.55. The lowest BCUT2D eigenvalue weighted by Crippen LogP contribution is -2.42. The minimum Gasteiger partial charge on any atom is -0.382 e. The van der Waals surface area contributed by atoms with Crippen LogP contribution >= 0.6 is 11.6 Å². The number of H-pyrrole nitrogens is 1. The molecule has 3 heterocycles. The van der Waals surface area contributed by atoms with Gasteiger partial charge in [0.2, 0.25) is 0 Å². The predicted octanol–water partition coefficient (Wildman–Crippen LogP) is 3.91. The van der Waals surface area contributed by atoms with Crippen molar-refractivity contribution in [2.24, 2.45) is 5.18 Å². The van der Waals surface area contributed by atoms with E-state index in [0.717, 1.165) is 31.1 Å². The second-order valence-electron chi connectivity index (χ2n) is 7.97. The number of rotatable bonds is 9. The molecule has 3 N–H and O–H groups in total. The average molecular weight is 462 g/mol. The number of nitrogens with zero attached hydrogens (tertiary/aromatic N) is 4. The minimum atomic E-state index is -0.509. The molecular formula is C21H25ClFN7O2. The topological polar surface area (TPSA) is 117 Å². The van der Waals surface area contributed by atoms with E-state index < -0.39 is 11.9 Å². The lowest BCUT2D eigenvalue weighted by Gasteiger charge is -2.31. The molecule has 3 atom stereocenters. The van der Waals surface area contributed by atoms with E-state index in [1.165, 1.54) is 6.20 Å². The molecule has 3 aromatic heterocycles. The zero-order chi connectivity index (χ0) is 22.5. The van der Waals surface area contributed by atoms with E-state index in [9.17, 15) is 9.30 Å². The van der Waals surface area contributed by atoms with Crippen LogP contribution in [0.4, 0.5) is 10.2 Å². The fourth-order valence-electron chi connectivity index (χ4n) is 4.08. The number of nitroso groups, excluding NO2 is 1. The zero-order valence-electron chi connectivity index (χ0n) is 17.6. The van der Waals surface area contributed by atoms with Crippen LogP contribution in [0.25, 0.3) is 22.4 Å². The van der Waals surface area contributed by atoms with Crippen LogP contribution in [-0.4, -0.2) is 58.3 Å². The van der Waals surface area contributed by atoms with Gasteiger partial charge in [0.25, 0.3) is 0 Å². The number of ether oxygens (including phenoxy) is 1. The van der Waals surface area contributed by atoms with Crippen LogP contribution in [0.15, 0.2) is 29.8 Å². The Balaban J connectivity index is 1.46. The van der Waals surface area contributed by atoms with Crippen LogP contribution in [0, 0.1) is 10.7 Å². The van der Waals surface area contributed by atoms with E-state index in [4.69, 9.17) is 16.3 Å². The maximum Gasteiger partial charge on any atom is 0.183 e. The van der Waals surface area contributed by atoms with Crippen molar-refractivity contribution in [2.75, 3.05) is 25.6 Å². The van der Waals surface area contributed by atoms with Crippen LogP contribution < -0.4 is 10.6 Å². The SMILES string of the molecule is COCC(CN[C@@H]1CCC[C@H](Nc2nc(-c3c[nH]c4ncc(Cl)cc34)ncc2F)C1)N=O. The van der Waals surface area contributed by atoms with Crippen molar-refractivity contribution < 1.29 is 9.13 Å². The van der Waals surface area contributed by atoms with Gasteiger partial charge < -0.3 is 20.4 Å². The van der Waals surface area contributed by atoms with Crippen molar-refractivity contribution in [2.45, 2.75) is 43.8 Å². The molecule has 0 saturated heterocycles. The second kappa shape index (κ2) is 10.3.